The summed E-state index contributed by atoms with van der Waals surface area (Å²) < 4.78 is 26.9. The Balaban J connectivity index is 2.30. The summed E-state index contributed by atoms with van der Waals surface area (Å²) in [5, 5.41) is 0. The van der Waals surface area contributed by atoms with E-state index in [9.17, 15) is 0 Å². The molecule has 2 rings (SSSR count). The van der Waals surface area contributed by atoms with E-state index in [0.717, 1.165) is 20.1 Å². The smallest absolute Gasteiger partial charge is 0.204 e. The summed E-state index contributed by atoms with van der Waals surface area (Å²) >= 11 is 8.72. The van der Waals surface area contributed by atoms with Crippen molar-refractivity contribution in [2.75, 3.05) is 37.9 Å². The lowest BCUT2D eigenvalue weighted by Crippen LogP contribution is -2.39. The second-order valence-corrected chi connectivity index (χ2v) is 9.56. The van der Waals surface area contributed by atoms with E-state index in [0.29, 0.717) is 37.9 Å². The van der Waals surface area contributed by atoms with Crippen LogP contribution in [0.4, 0.5) is 0 Å². The molecule has 0 spiro atoms. The fraction of sp³-hybridized carbons (Fsp3) is 0.500. The van der Waals surface area contributed by atoms with Crippen molar-refractivity contribution >= 4 is 43.6 Å². The summed E-state index contributed by atoms with van der Waals surface area (Å²) in [6.45, 7) is 10.1. The summed E-state index contributed by atoms with van der Waals surface area (Å²) in [7, 11) is 0. The van der Waals surface area contributed by atoms with Gasteiger partial charge in [-0.1, -0.05) is 56.1 Å². The molecule has 0 saturated carbocycles. The van der Waals surface area contributed by atoms with Gasteiger partial charge in [-0.15, -0.1) is 11.8 Å². The number of benzene rings is 2. The van der Waals surface area contributed by atoms with E-state index >= 15 is 0 Å². The zero-order valence-electron chi connectivity index (χ0n) is 18.7. The zero-order chi connectivity index (χ0) is 22.7. The standard InChI is InChI=1S/C24H32Br2O4S/c1-5-27-23(28-6-2,19-9-13-21(25)14-10-19)17-31-18-24(29-7-3,30-8-4)20-11-15-22(26)16-12-20/h9-16H,5-8,17-18H2,1-4H3. The van der Waals surface area contributed by atoms with E-state index in [4.69, 9.17) is 18.9 Å². The molecule has 0 N–H and O–H groups in total. The Morgan fingerprint density at radius 3 is 1.13 bits per heavy atom. The molecule has 31 heavy (non-hydrogen) atoms. The van der Waals surface area contributed by atoms with E-state index in [1.807, 2.05) is 76.2 Å². The van der Waals surface area contributed by atoms with Crippen molar-refractivity contribution in [3.63, 3.8) is 0 Å². The summed E-state index contributed by atoms with van der Waals surface area (Å²) in [4.78, 5) is 0. The fourth-order valence-corrected chi connectivity index (χ4v) is 5.24. The van der Waals surface area contributed by atoms with Gasteiger partial charge in [-0.05, 0) is 52.0 Å². The molecule has 4 nitrogen and oxygen atoms in total. The first kappa shape index (κ1) is 26.8. The maximum absolute atomic E-state index is 6.21. The second-order valence-electron chi connectivity index (χ2n) is 6.74. The van der Waals surface area contributed by atoms with Crippen molar-refractivity contribution in [1.29, 1.82) is 0 Å². The number of ether oxygens (including phenoxy) is 4. The van der Waals surface area contributed by atoms with Gasteiger partial charge in [-0.3, -0.25) is 0 Å². The van der Waals surface area contributed by atoms with Crippen LogP contribution in [0, 0.1) is 0 Å². The molecule has 0 aromatic heterocycles. The van der Waals surface area contributed by atoms with E-state index < -0.39 is 11.6 Å². The highest BCUT2D eigenvalue weighted by Gasteiger charge is 2.38. The molecule has 0 atom stereocenters. The lowest BCUT2D eigenvalue weighted by atomic mass is 10.1. The minimum absolute atomic E-state index is 0.547. The van der Waals surface area contributed by atoms with E-state index in [-0.39, 0.29) is 0 Å². The molecule has 0 aliphatic rings. The maximum atomic E-state index is 6.21. The molecule has 2 aromatic rings. The lowest BCUT2D eigenvalue weighted by Gasteiger charge is -2.37. The topological polar surface area (TPSA) is 36.9 Å². The van der Waals surface area contributed by atoms with Gasteiger partial charge >= 0.3 is 0 Å². The number of hydrogen-bond acceptors (Lipinski definition) is 5. The monoisotopic (exact) mass is 574 g/mol. The molecule has 172 valence electrons. The zero-order valence-corrected chi connectivity index (χ0v) is 22.6. The molecule has 0 saturated heterocycles. The SMILES string of the molecule is CCOC(CSCC(OCC)(OCC)c1ccc(Br)cc1)(OCC)c1ccc(Br)cc1. The van der Waals surface area contributed by atoms with Crippen molar-refractivity contribution in [2.24, 2.45) is 0 Å². The Hall–Kier alpha value is -0.410. The third kappa shape index (κ3) is 7.29. The van der Waals surface area contributed by atoms with Gasteiger partial charge in [0.1, 0.15) is 0 Å². The summed E-state index contributed by atoms with van der Waals surface area (Å²) in [5.41, 5.74) is 1.99. The van der Waals surface area contributed by atoms with Gasteiger partial charge in [-0.2, -0.15) is 0 Å². The molecule has 0 fully saturated rings. The molecule has 0 aliphatic heterocycles. The largest absolute Gasteiger partial charge is 0.345 e. The predicted octanol–water partition coefficient (Wildman–Crippen LogP) is 7.10. The minimum Gasteiger partial charge on any atom is -0.345 e. The van der Waals surface area contributed by atoms with Crippen LogP contribution in [0.5, 0.6) is 0 Å². The molecule has 7 heteroatoms. The molecule has 0 heterocycles. The van der Waals surface area contributed by atoms with Gasteiger partial charge in [0.05, 0.1) is 11.5 Å². The number of hydrogen-bond donors (Lipinski definition) is 0. The summed E-state index contributed by atoms with van der Waals surface area (Å²) in [6.07, 6.45) is 0. The van der Waals surface area contributed by atoms with Gasteiger partial charge in [0.15, 0.2) is 0 Å². The van der Waals surface area contributed by atoms with Crippen LogP contribution in [-0.2, 0) is 30.5 Å². The Morgan fingerprint density at radius 1 is 0.581 bits per heavy atom. The first-order valence-corrected chi connectivity index (χ1v) is 13.3. The summed E-state index contributed by atoms with van der Waals surface area (Å²) in [5.74, 6) is -0.457. The average molecular weight is 576 g/mol. The molecule has 0 aliphatic carbocycles. The molecule has 2 aromatic carbocycles. The second kappa shape index (κ2) is 13.3. The Morgan fingerprint density at radius 2 is 0.871 bits per heavy atom. The summed E-state index contributed by atoms with van der Waals surface area (Å²) in [6, 6.07) is 16.2. The molecular weight excluding hydrogens is 544 g/mol. The van der Waals surface area contributed by atoms with Crippen LogP contribution >= 0.6 is 43.6 Å². The fourth-order valence-electron chi connectivity index (χ4n) is 3.41. The maximum Gasteiger partial charge on any atom is 0.204 e. The van der Waals surface area contributed by atoms with Crippen molar-refractivity contribution in [3.05, 3.63) is 68.6 Å². The number of rotatable bonds is 14. The minimum atomic E-state index is -0.835. The van der Waals surface area contributed by atoms with Gasteiger partial charge in [0.25, 0.3) is 0 Å². The first-order valence-electron chi connectivity index (χ1n) is 10.6. The van der Waals surface area contributed by atoms with Crippen LogP contribution < -0.4 is 0 Å². The Labute approximate surface area is 207 Å². The Kier molecular flexibility index (Phi) is 11.5. The quantitative estimate of drug-likeness (QED) is 0.225. The predicted molar refractivity (Wildman–Crippen MR) is 135 cm³/mol. The van der Waals surface area contributed by atoms with Crippen LogP contribution in [0.25, 0.3) is 0 Å². The van der Waals surface area contributed by atoms with Crippen molar-refractivity contribution < 1.29 is 18.9 Å². The lowest BCUT2D eigenvalue weighted by molar-refractivity contribution is -0.229. The van der Waals surface area contributed by atoms with E-state index in [1.165, 1.54) is 0 Å². The third-order valence-electron chi connectivity index (χ3n) is 4.66. The van der Waals surface area contributed by atoms with Crippen LogP contribution in [0.15, 0.2) is 57.5 Å². The first-order chi connectivity index (χ1) is 14.9. The highest BCUT2D eigenvalue weighted by atomic mass is 79.9. The van der Waals surface area contributed by atoms with E-state index in [1.54, 1.807) is 11.8 Å². The number of halogens is 2. The Bertz CT molecular complexity index is 691. The van der Waals surface area contributed by atoms with Crippen LogP contribution in [0.3, 0.4) is 0 Å². The van der Waals surface area contributed by atoms with Crippen LogP contribution in [0.2, 0.25) is 0 Å². The molecular formula is C24H32Br2O4S. The van der Waals surface area contributed by atoms with Gasteiger partial charge in [-0.25, -0.2) is 0 Å². The molecule has 0 radical (unpaired) electrons. The average Bonchev–Trinajstić information content (AvgIpc) is 2.75. The molecule has 0 unspecified atom stereocenters. The van der Waals surface area contributed by atoms with Crippen LogP contribution in [0.1, 0.15) is 38.8 Å². The van der Waals surface area contributed by atoms with Gasteiger partial charge < -0.3 is 18.9 Å². The van der Waals surface area contributed by atoms with Crippen molar-refractivity contribution in [3.8, 4) is 0 Å². The highest BCUT2D eigenvalue weighted by molar-refractivity contribution is 9.10. The molecule has 0 amide bonds. The normalized spacial score (nSPS) is 12.3. The van der Waals surface area contributed by atoms with Gasteiger partial charge in [0.2, 0.25) is 11.6 Å². The van der Waals surface area contributed by atoms with E-state index in [2.05, 4.69) is 31.9 Å². The third-order valence-corrected chi connectivity index (χ3v) is 6.89. The number of thioether (sulfide) groups is 1. The highest BCUT2D eigenvalue weighted by Crippen LogP contribution is 2.37. The van der Waals surface area contributed by atoms with Crippen molar-refractivity contribution in [2.45, 2.75) is 39.3 Å². The van der Waals surface area contributed by atoms with Gasteiger partial charge in [0, 0.05) is 46.5 Å². The van der Waals surface area contributed by atoms with Crippen LogP contribution in [-0.4, -0.2) is 37.9 Å². The molecule has 0 bridgehead atoms. The van der Waals surface area contributed by atoms with Crippen molar-refractivity contribution in [1.82, 2.24) is 0 Å².